The van der Waals surface area contributed by atoms with Crippen molar-refractivity contribution in [2.75, 3.05) is 7.11 Å². The molecule has 0 aliphatic carbocycles. The number of hydrogen-bond donors (Lipinski definition) is 1. The average molecular weight is 198 g/mol. The van der Waals surface area contributed by atoms with Gasteiger partial charge in [-0.3, -0.25) is 4.57 Å². The van der Waals surface area contributed by atoms with Crippen molar-refractivity contribution in [3.8, 4) is 0 Å². The smallest absolute Gasteiger partial charge is 0.321 e. The average Bonchev–Trinajstić information content (AvgIpc) is 2.17. The Morgan fingerprint density at radius 2 is 2.00 bits per heavy atom. The van der Waals surface area contributed by atoms with E-state index in [1.165, 1.54) is 12.9 Å². The van der Waals surface area contributed by atoms with Gasteiger partial charge in [0.05, 0.1) is 0 Å². The van der Waals surface area contributed by atoms with Gasteiger partial charge in [0.1, 0.15) is 0 Å². The molecular formula is C9H11O3P. The van der Waals surface area contributed by atoms with Crippen LogP contribution < -0.4 is 0 Å². The summed E-state index contributed by atoms with van der Waals surface area (Å²) in [6, 6.07) is 9.27. The molecule has 0 aliphatic heterocycles. The standard InChI is InChI=1S/C9H11O3P/c1-12-13(10,11)8-7-9-5-3-2-4-6-9/h2-8H,1H3,(H,10,11). The third kappa shape index (κ3) is 3.55. The highest BCUT2D eigenvalue weighted by Gasteiger charge is 2.09. The van der Waals surface area contributed by atoms with E-state index >= 15 is 0 Å². The first-order valence-corrected chi connectivity index (χ1v) is 5.41. The van der Waals surface area contributed by atoms with Crippen molar-refractivity contribution in [1.82, 2.24) is 0 Å². The lowest BCUT2D eigenvalue weighted by Crippen LogP contribution is -1.77. The van der Waals surface area contributed by atoms with Crippen LogP contribution in [-0.4, -0.2) is 12.0 Å². The Morgan fingerprint density at radius 1 is 1.38 bits per heavy atom. The third-order valence-corrected chi connectivity index (χ3v) is 2.57. The molecule has 0 radical (unpaired) electrons. The minimum absolute atomic E-state index is 0.869. The fraction of sp³-hybridized carbons (Fsp3) is 0.111. The summed E-state index contributed by atoms with van der Waals surface area (Å²) in [6.07, 6.45) is 1.56. The lowest BCUT2D eigenvalue weighted by Gasteiger charge is -2.00. The molecule has 1 N–H and O–H groups in total. The van der Waals surface area contributed by atoms with Crippen molar-refractivity contribution >= 4 is 13.7 Å². The van der Waals surface area contributed by atoms with Crippen molar-refractivity contribution in [1.29, 1.82) is 0 Å². The Morgan fingerprint density at radius 3 is 2.54 bits per heavy atom. The van der Waals surface area contributed by atoms with Gasteiger partial charge >= 0.3 is 7.60 Å². The van der Waals surface area contributed by atoms with E-state index in [0.717, 1.165) is 5.56 Å². The van der Waals surface area contributed by atoms with E-state index < -0.39 is 7.60 Å². The first-order chi connectivity index (χ1) is 6.14. The van der Waals surface area contributed by atoms with Crippen LogP contribution in [0.2, 0.25) is 0 Å². The Labute approximate surface area is 77.2 Å². The monoisotopic (exact) mass is 198 g/mol. The Balaban J connectivity index is 2.75. The summed E-state index contributed by atoms with van der Waals surface area (Å²) in [7, 11) is -2.31. The lowest BCUT2D eigenvalue weighted by atomic mass is 10.2. The minimum Gasteiger partial charge on any atom is -0.321 e. The van der Waals surface area contributed by atoms with Crippen LogP contribution >= 0.6 is 7.60 Å². The Hall–Kier alpha value is -0.890. The first-order valence-electron chi connectivity index (χ1n) is 3.76. The van der Waals surface area contributed by atoms with Gasteiger partial charge in [0.25, 0.3) is 0 Å². The van der Waals surface area contributed by atoms with Gasteiger partial charge in [-0.25, -0.2) is 0 Å². The normalized spacial score (nSPS) is 15.8. The van der Waals surface area contributed by atoms with Gasteiger partial charge in [-0.15, -0.1) is 0 Å². The van der Waals surface area contributed by atoms with Crippen molar-refractivity contribution < 1.29 is 14.0 Å². The van der Waals surface area contributed by atoms with Gasteiger partial charge in [-0.2, -0.15) is 0 Å². The van der Waals surface area contributed by atoms with E-state index in [1.54, 1.807) is 6.08 Å². The maximum absolute atomic E-state index is 11.0. The topological polar surface area (TPSA) is 46.5 Å². The molecule has 0 fully saturated rings. The highest BCUT2D eigenvalue weighted by Crippen LogP contribution is 2.42. The van der Waals surface area contributed by atoms with E-state index in [0.29, 0.717) is 0 Å². The molecule has 0 bridgehead atoms. The van der Waals surface area contributed by atoms with Crippen LogP contribution in [0.5, 0.6) is 0 Å². The maximum Gasteiger partial charge on any atom is 0.351 e. The molecule has 1 unspecified atom stereocenters. The zero-order valence-electron chi connectivity index (χ0n) is 7.25. The molecule has 4 heteroatoms. The second kappa shape index (κ2) is 4.38. The summed E-state index contributed by atoms with van der Waals surface area (Å²) in [5.74, 6) is 1.17. The summed E-state index contributed by atoms with van der Waals surface area (Å²) in [5.41, 5.74) is 0.869. The highest BCUT2D eigenvalue weighted by molar-refractivity contribution is 7.56. The van der Waals surface area contributed by atoms with Crippen molar-refractivity contribution in [2.45, 2.75) is 0 Å². The first kappa shape index (κ1) is 10.2. The molecule has 0 aliphatic rings. The molecule has 70 valence electrons. The summed E-state index contributed by atoms with van der Waals surface area (Å²) in [6.45, 7) is 0. The molecule has 0 aromatic heterocycles. The molecule has 1 atom stereocenters. The quantitative estimate of drug-likeness (QED) is 0.759. The van der Waals surface area contributed by atoms with Crippen molar-refractivity contribution in [3.63, 3.8) is 0 Å². The third-order valence-electron chi connectivity index (χ3n) is 1.52. The molecule has 0 saturated carbocycles. The molecule has 0 saturated heterocycles. The molecule has 0 amide bonds. The van der Waals surface area contributed by atoms with Crippen LogP contribution in [0, 0.1) is 0 Å². The Kier molecular flexibility index (Phi) is 3.43. The molecule has 1 aromatic carbocycles. The largest absolute Gasteiger partial charge is 0.351 e. The second-order valence-corrected chi connectivity index (χ2v) is 4.26. The van der Waals surface area contributed by atoms with E-state index in [1.807, 2.05) is 30.3 Å². The molecule has 13 heavy (non-hydrogen) atoms. The number of rotatable bonds is 3. The van der Waals surface area contributed by atoms with E-state index in [4.69, 9.17) is 4.89 Å². The van der Waals surface area contributed by atoms with Gasteiger partial charge in [0, 0.05) is 12.9 Å². The maximum atomic E-state index is 11.0. The van der Waals surface area contributed by atoms with Crippen LogP contribution in [0.25, 0.3) is 6.08 Å². The van der Waals surface area contributed by atoms with Crippen LogP contribution in [0.1, 0.15) is 5.56 Å². The van der Waals surface area contributed by atoms with Crippen molar-refractivity contribution in [3.05, 3.63) is 41.7 Å². The van der Waals surface area contributed by atoms with E-state index in [9.17, 15) is 4.57 Å². The SMILES string of the molecule is COP(=O)(O)C=Cc1ccccc1. The Bertz CT molecular complexity index is 332. The molecule has 1 rings (SSSR count). The molecule has 0 spiro atoms. The molecule has 1 aromatic rings. The summed E-state index contributed by atoms with van der Waals surface area (Å²) in [4.78, 5) is 9.03. The van der Waals surface area contributed by atoms with Crippen LogP contribution in [0.3, 0.4) is 0 Å². The predicted octanol–water partition coefficient (Wildman–Crippen LogP) is 2.49. The fourth-order valence-corrected chi connectivity index (χ4v) is 1.29. The molecule has 0 heterocycles. The van der Waals surface area contributed by atoms with Gasteiger partial charge in [0.15, 0.2) is 0 Å². The van der Waals surface area contributed by atoms with Gasteiger partial charge in [0.2, 0.25) is 0 Å². The second-order valence-electron chi connectivity index (χ2n) is 2.47. The van der Waals surface area contributed by atoms with Crippen molar-refractivity contribution in [2.24, 2.45) is 0 Å². The zero-order chi connectivity index (χ0) is 9.73. The highest BCUT2D eigenvalue weighted by atomic mass is 31.2. The lowest BCUT2D eigenvalue weighted by molar-refractivity contribution is 0.327. The summed E-state index contributed by atoms with van der Waals surface area (Å²) in [5, 5.41) is 0. The zero-order valence-corrected chi connectivity index (χ0v) is 8.15. The number of benzene rings is 1. The van der Waals surface area contributed by atoms with Crippen LogP contribution in [0.15, 0.2) is 36.1 Å². The van der Waals surface area contributed by atoms with Gasteiger partial charge in [-0.1, -0.05) is 30.3 Å². The van der Waals surface area contributed by atoms with E-state index in [-0.39, 0.29) is 0 Å². The fourth-order valence-electron chi connectivity index (χ4n) is 0.805. The number of hydrogen-bond acceptors (Lipinski definition) is 2. The predicted molar refractivity (Wildman–Crippen MR) is 52.3 cm³/mol. The van der Waals surface area contributed by atoms with Crippen LogP contribution in [0.4, 0.5) is 0 Å². The van der Waals surface area contributed by atoms with Crippen LogP contribution in [-0.2, 0) is 9.09 Å². The van der Waals surface area contributed by atoms with Gasteiger partial charge < -0.3 is 9.42 Å². The minimum atomic E-state index is -3.52. The van der Waals surface area contributed by atoms with E-state index in [2.05, 4.69) is 4.52 Å². The summed E-state index contributed by atoms with van der Waals surface area (Å²) >= 11 is 0. The molecular weight excluding hydrogens is 187 g/mol. The summed E-state index contributed by atoms with van der Waals surface area (Å²) < 4.78 is 15.4. The van der Waals surface area contributed by atoms with Gasteiger partial charge in [-0.05, 0) is 11.6 Å². The molecule has 3 nitrogen and oxygen atoms in total.